The van der Waals surface area contributed by atoms with Crippen LogP contribution in [-0.4, -0.2) is 38.0 Å². The molecule has 0 heterocycles. The van der Waals surface area contributed by atoms with Gasteiger partial charge in [0, 0.05) is 11.3 Å². The molecule has 28 heavy (non-hydrogen) atoms. The van der Waals surface area contributed by atoms with Gasteiger partial charge in [0.2, 0.25) is 0 Å². The first kappa shape index (κ1) is 20.5. The van der Waals surface area contributed by atoms with E-state index in [1.807, 2.05) is 6.07 Å². The van der Waals surface area contributed by atoms with Crippen LogP contribution in [0.15, 0.2) is 42.5 Å². The number of Topliss-reactive ketones (excluding diaryl/α,β-unsaturated/α-hetero) is 1. The first-order valence-corrected chi connectivity index (χ1v) is 8.20. The lowest BCUT2D eigenvalue weighted by Crippen LogP contribution is -2.23. The fraction of sp³-hybridized carbons (Fsp3) is 0.200. The number of benzene rings is 2. The van der Waals surface area contributed by atoms with Crippen molar-refractivity contribution in [2.75, 3.05) is 25.6 Å². The Kier molecular flexibility index (Phi) is 7.11. The number of carbonyl (C=O) groups is 3. The average Bonchev–Trinajstić information content (AvgIpc) is 2.71. The molecule has 144 valence electrons. The molecule has 2 aromatic carbocycles. The Hall–Kier alpha value is -3.86. The lowest BCUT2D eigenvalue weighted by Gasteiger charge is -2.11. The Morgan fingerprint density at radius 1 is 1.04 bits per heavy atom. The van der Waals surface area contributed by atoms with Gasteiger partial charge >= 0.3 is 5.97 Å². The SMILES string of the molecule is COc1cc(C(C)=O)ccc1OCC(=O)OCC(=O)Nc1ccc(C#N)cc1. The highest BCUT2D eigenvalue weighted by molar-refractivity contribution is 5.95. The van der Waals surface area contributed by atoms with E-state index in [0.717, 1.165) is 0 Å². The largest absolute Gasteiger partial charge is 0.493 e. The molecule has 2 aromatic rings. The Labute approximate surface area is 161 Å². The van der Waals surface area contributed by atoms with Gasteiger partial charge in [0.25, 0.3) is 5.91 Å². The summed E-state index contributed by atoms with van der Waals surface area (Å²) in [6.45, 7) is 0.512. The fourth-order valence-electron chi connectivity index (χ4n) is 2.16. The quantitative estimate of drug-likeness (QED) is 0.550. The third-order valence-electron chi connectivity index (χ3n) is 3.58. The number of rotatable bonds is 8. The Morgan fingerprint density at radius 2 is 1.75 bits per heavy atom. The summed E-state index contributed by atoms with van der Waals surface area (Å²) in [4.78, 5) is 35.0. The van der Waals surface area contributed by atoms with Gasteiger partial charge in [-0.2, -0.15) is 5.26 Å². The molecule has 8 heteroatoms. The maximum absolute atomic E-state index is 11.8. The van der Waals surface area contributed by atoms with Crippen LogP contribution in [0.4, 0.5) is 5.69 Å². The van der Waals surface area contributed by atoms with E-state index in [-0.39, 0.29) is 11.5 Å². The van der Waals surface area contributed by atoms with Gasteiger partial charge in [-0.15, -0.1) is 0 Å². The highest BCUT2D eigenvalue weighted by atomic mass is 16.6. The molecule has 0 radical (unpaired) electrons. The van der Waals surface area contributed by atoms with E-state index in [9.17, 15) is 14.4 Å². The maximum atomic E-state index is 11.8. The average molecular weight is 382 g/mol. The number of amides is 1. The van der Waals surface area contributed by atoms with Gasteiger partial charge in [-0.3, -0.25) is 9.59 Å². The lowest BCUT2D eigenvalue weighted by atomic mass is 10.1. The van der Waals surface area contributed by atoms with Crippen LogP contribution in [0.25, 0.3) is 0 Å². The standard InChI is InChI=1S/C20H18N2O6/c1-13(23)15-5-8-17(18(9-15)26-2)27-12-20(25)28-11-19(24)22-16-6-3-14(10-21)4-7-16/h3-9H,11-12H2,1-2H3,(H,22,24). The van der Waals surface area contributed by atoms with Gasteiger partial charge in [-0.25, -0.2) is 4.79 Å². The second-order valence-electron chi connectivity index (χ2n) is 5.61. The normalized spacial score (nSPS) is 9.75. The summed E-state index contributed by atoms with van der Waals surface area (Å²) in [7, 11) is 1.41. The molecule has 2 rings (SSSR count). The fourth-order valence-corrected chi connectivity index (χ4v) is 2.16. The maximum Gasteiger partial charge on any atom is 0.344 e. The third kappa shape index (κ3) is 5.85. The predicted molar refractivity (Wildman–Crippen MR) is 99.2 cm³/mol. The van der Waals surface area contributed by atoms with Crippen molar-refractivity contribution in [1.29, 1.82) is 5.26 Å². The van der Waals surface area contributed by atoms with Crippen LogP contribution < -0.4 is 14.8 Å². The summed E-state index contributed by atoms with van der Waals surface area (Å²) >= 11 is 0. The number of ether oxygens (including phenoxy) is 3. The Balaban J connectivity index is 1.81. The Morgan fingerprint density at radius 3 is 2.36 bits per heavy atom. The molecular weight excluding hydrogens is 364 g/mol. The molecule has 0 aliphatic carbocycles. The number of nitrogens with zero attached hydrogens (tertiary/aromatic N) is 1. The van der Waals surface area contributed by atoms with Gasteiger partial charge in [0.05, 0.1) is 18.7 Å². The van der Waals surface area contributed by atoms with Gasteiger partial charge in [0.15, 0.2) is 30.5 Å². The third-order valence-corrected chi connectivity index (χ3v) is 3.58. The predicted octanol–water partition coefficient (Wildman–Crippen LogP) is 2.33. The summed E-state index contributed by atoms with van der Waals surface area (Å²) in [5, 5.41) is 11.3. The topological polar surface area (TPSA) is 115 Å². The minimum atomic E-state index is -0.743. The minimum absolute atomic E-state index is 0.127. The van der Waals surface area contributed by atoms with Crippen LogP contribution >= 0.6 is 0 Å². The van der Waals surface area contributed by atoms with E-state index in [2.05, 4.69) is 5.32 Å². The molecular formula is C20H18N2O6. The number of methoxy groups -OCH3 is 1. The van der Waals surface area contributed by atoms with E-state index in [0.29, 0.717) is 22.6 Å². The van der Waals surface area contributed by atoms with Crippen LogP contribution in [0.5, 0.6) is 11.5 Å². The summed E-state index contributed by atoms with van der Waals surface area (Å²) in [6, 6.07) is 12.8. The molecule has 1 amide bonds. The van der Waals surface area contributed by atoms with Crippen molar-refractivity contribution >= 4 is 23.3 Å². The van der Waals surface area contributed by atoms with Gasteiger partial charge in [-0.05, 0) is 49.4 Å². The first-order chi connectivity index (χ1) is 13.4. The molecule has 0 saturated carbocycles. The van der Waals surface area contributed by atoms with E-state index < -0.39 is 25.1 Å². The highest BCUT2D eigenvalue weighted by Gasteiger charge is 2.12. The lowest BCUT2D eigenvalue weighted by molar-refractivity contribution is -0.149. The summed E-state index contributed by atoms with van der Waals surface area (Å²) < 4.78 is 15.3. The van der Waals surface area contributed by atoms with Crippen LogP contribution in [0.3, 0.4) is 0 Å². The van der Waals surface area contributed by atoms with E-state index in [1.165, 1.54) is 26.2 Å². The van der Waals surface area contributed by atoms with Crippen molar-refractivity contribution in [2.45, 2.75) is 6.92 Å². The second kappa shape index (κ2) is 9.73. The van der Waals surface area contributed by atoms with Gasteiger partial charge in [0.1, 0.15) is 0 Å². The van der Waals surface area contributed by atoms with Crippen LogP contribution in [0.2, 0.25) is 0 Å². The second-order valence-corrected chi connectivity index (χ2v) is 5.61. The minimum Gasteiger partial charge on any atom is -0.493 e. The number of anilines is 1. The van der Waals surface area contributed by atoms with Crippen LogP contribution in [0, 0.1) is 11.3 Å². The summed E-state index contributed by atoms with van der Waals surface area (Å²) in [5.74, 6) is -0.822. The molecule has 0 aliphatic rings. The molecule has 0 aromatic heterocycles. The Bertz CT molecular complexity index is 915. The van der Waals surface area contributed by atoms with Crippen LogP contribution in [-0.2, 0) is 14.3 Å². The van der Waals surface area contributed by atoms with E-state index in [1.54, 1.807) is 30.3 Å². The van der Waals surface area contributed by atoms with E-state index >= 15 is 0 Å². The number of ketones is 1. The van der Waals surface area contributed by atoms with Crippen LogP contribution in [0.1, 0.15) is 22.8 Å². The van der Waals surface area contributed by atoms with Gasteiger partial charge < -0.3 is 19.5 Å². The number of esters is 1. The molecule has 0 atom stereocenters. The van der Waals surface area contributed by atoms with Gasteiger partial charge in [-0.1, -0.05) is 0 Å². The number of nitriles is 1. The number of hydrogen-bond donors (Lipinski definition) is 1. The summed E-state index contributed by atoms with van der Waals surface area (Å²) in [5.41, 5.74) is 1.39. The molecule has 0 aliphatic heterocycles. The van der Waals surface area contributed by atoms with Crippen molar-refractivity contribution in [1.82, 2.24) is 0 Å². The zero-order chi connectivity index (χ0) is 20.5. The summed E-state index contributed by atoms with van der Waals surface area (Å²) in [6.07, 6.45) is 0. The highest BCUT2D eigenvalue weighted by Crippen LogP contribution is 2.28. The van der Waals surface area contributed by atoms with Crippen molar-refractivity contribution in [3.8, 4) is 17.6 Å². The molecule has 0 bridgehead atoms. The smallest absolute Gasteiger partial charge is 0.344 e. The number of nitrogens with one attached hydrogen (secondary N) is 1. The zero-order valence-electron chi connectivity index (χ0n) is 15.4. The molecule has 0 unspecified atom stereocenters. The monoisotopic (exact) mass is 382 g/mol. The van der Waals surface area contributed by atoms with Crippen molar-refractivity contribution < 1.29 is 28.6 Å². The molecule has 1 N–H and O–H groups in total. The molecule has 8 nitrogen and oxygen atoms in total. The molecule has 0 fully saturated rings. The van der Waals surface area contributed by atoms with Crippen molar-refractivity contribution in [3.05, 3.63) is 53.6 Å². The number of carbonyl (C=O) groups excluding carboxylic acids is 3. The zero-order valence-corrected chi connectivity index (χ0v) is 15.4. The van der Waals surface area contributed by atoms with Crippen molar-refractivity contribution in [2.24, 2.45) is 0 Å². The van der Waals surface area contributed by atoms with Crippen molar-refractivity contribution in [3.63, 3.8) is 0 Å². The molecule has 0 spiro atoms. The first-order valence-electron chi connectivity index (χ1n) is 8.20. The number of hydrogen-bond acceptors (Lipinski definition) is 7. The molecule has 0 saturated heterocycles. The van der Waals surface area contributed by atoms with E-state index in [4.69, 9.17) is 19.5 Å².